The van der Waals surface area contributed by atoms with Crippen LogP contribution in [-0.4, -0.2) is 13.7 Å². The molecule has 106 valence electrons. The van der Waals surface area contributed by atoms with Crippen LogP contribution in [0.1, 0.15) is 51.1 Å². The van der Waals surface area contributed by atoms with Gasteiger partial charge < -0.3 is 10.1 Å². The van der Waals surface area contributed by atoms with Crippen molar-refractivity contribution in [3.8, 4) is 5.75 Å². The van der Waals surface area contributed by atoms with Crippen molar-refractivity contribution in [2.24, 2.45) is 5.41 Å². The van der Waals surface area contributed by atoms with Gasteiger partial charge in [-0.3, -0.25) is 0 Å². The summed E-state index contributed by atoms with van der Waals surface area (Å²) in [4.78, 5) is 0. The normalized spacial score (nSPS) is 19.4. The van der Waals surface area contributed by atoms with Gasteiger partial charge in [0.1, 0.15) is 5.75 Å². The molecule has 0 spiro atoms. The molecular formula is C16H24ClNO. The standard InChI is InChI=1S/C16H24ClNO/c1-4-18-15(16(2)9-5-6-10-16)12-7-8-13(17)14(11-12)19-3/h7-8,11,15,18H,4-6,9-10H2,1-3H3. The van der Waals surface area contributed by atoms with Crippen LogP contribution < -0.4 is 10.1 Å². The molecule has 0 saturated heterocycles. The van der Waals surface area contributed by atoms with Gasteiger partial charge in [0.05, 0.1) is 12.1 Å². The van der Waals surface area contributed by atoms with Gasteiger partial charge in [-0.2, -0.15) is 0 Å². The van der Waals surface area contributed by atoms with Crippen LogP contribution in [-0.2, 0) is 0 Å². The van der Waals surface area contributed by atoms with Crippen LogP contribution in [0, 0.1) is 5.41 Å². The topological polar surface area (TPSA) is 21.3 Å². The van der Waals surface area contributed by atoms with Gasteiger partial charge in [-0.15, -0.1) is 0 Å². The summed E-state index contributed by atoms with van der Waals surface area (Å²) >= 11 is 6.13. The molecule has 0 heterocycles. The molecule has 0 amide bonds. The molecule has 1 unspecified atom stereocenters. The lowest BCUT2D eigenvalue weighted by molar-refractivity contribution is 0.225. The monoisotopic (exact) mass is 281 g/mol. The highest BCUT2D eigenvalue weighted by Gasteiger charge is 2.37. The molecule has 1 fully saturated rings. The fraction of sp³-hybridized carbons (Fsp3) is 0.625. The van der Waals surface area contributed by atoms with E-state index in [1.54, 1.807) is 7.11 Å². The second kappa shape index (κ2) is 6.15. The summed E-state index contributed by atoms with van der Waals surface area (Å²) in [5.41, 5.74) is 1.63. The van der Waals surface area contributed by atoms with Gasteiger partial charge in [0, 0.05) is 6.04 Å². The van der Waals surface area contributed by atoms with E-state index in [2.05, 4.69) is 31.3 Å². The van der Waals surface area contributed by atoms with E-state index >= 15 is 0 Å². The molecule has 1 atom stereocenters. The summed E-state index contributed by atoms with van der Waals surface area (Å²) in [6, 6.07) is 6.53. The Morgan fingerprint density at radius 2 is 2.05 bits per heavy atom. The molecule has 1 N–H and O–H groups in total. The van der Waals surface area contributed by atoms with Crippen molar-refractivity contribution in [1.29, 1.82) is 0 Å². The SMILES string of the molecule is CCNC(c1ccc(Cl)c(OC)c1)C1(C)CCCC1. The molecule has 0 aliphatic heterocycles. The molecule has 2 nitrogen and oxygen atoms in total. The second-order valence-corrected chi connectivity index (χ2v) is 6.15. The molecule has 1 aromatic rings. The third kappa shape index (κ3) is 3.06. The molecule has 3 heteroatoms. The molecule has 19 heavy (non-hydrogen) atoms. The zero-order chi connectivity index (χ0) is 13.9. The number of benzene rings is 1. The third-order valence-electron chi connectivity index (χ3n) is 4.36. The maximum atomic E-state index is 6.13. The first-order valence-electron chi connectivity index (χ1n) is 7.17. The van der Waals surface area contributed by atoms with E-state index < -0.39 is 0 Å². The lowest BCUT2D eigenvalue weighted by Gasteiger charge is -2.35. The number of methoxy groups -OCH3 is 1. The molecule has 0 bridgehead atoms. The first-order valence-corrected chi connectivity index (χ1v) is 7.55. The van der Waals surface area contributed by atoms with E-state index in [1.165, 1.54) is 31.2 Å². The van der Waals surface area contributed by atoms with E-state index in [1.807, 2.05) is 6.07 Å². The van der Waals surface area contributed by atoms with Crippen molar-refractivity contribution in [2.75, 3.05) is 13.7 Å². The van der Waals surface area contributed by atoms with Gasteiger partial charge in [0.25, 0.3) is 0 Å². The number of ether oxygens (including phenoxy) is 1. The van der Waals surface area contributed by atoms with Crippen LogP contribution in [0.4, 0.5) is 0 Å². The van der Waals surface area contributed by atoms with E-state index in [-0.39, 0.29) is 0 Å². The average molecular weight is 282 g/mol. The van der Waals surface area contributed by atoms with Gasteiger partial charge in [0.15, 0.2) is 0 Å². The Bertz CT molecular complexity index is 427. The average Bonchev–Trinajstić information content (AvgIpc) is 2.85. The van der Waals surface area contributed by atoms with Crippen molar-refractivity contribution in [2.45, 2.75) is 45.6 Å². The largest absolute Gasteiger partial charge is 0.495 e. The Kier molecular flexibility index (Phi) is 4.75. The molecule has 1 aromatic carbocycles. The van der Waals surface area contributed by atoms with Crippen molar-refractivity contribution in [3.05, 3.63) is 28.8 Å². The van der Waals surface area contributed by atoms with Crippen LogP contribution >= 0.6 is 11.6 Å². The zero-order valence-corrected chi connectivity index (χ0v) is 12.9. The number of hydrogen-bond acceptors (Lipinski definition) is 2. The van der Waals surface area contributed by atoms with Crippen LogP contribution in [0.5, 0.6) is 5.75 Å². The lowest BCUT2D eigenvalue weighted by atomic mass is 9.77. The van der Waals surface area contributed by atoms with Crippen LogP contribution in [0.15, 0.2) is 18.2 Å². The highest BCUT2D eigenvalue weighted by molar-refractivity contribution is 6.32. The van der Waals surface area contributed by atoms with Crippen LogP contribution in [0.2, 0.25) is 5.02 Å². The predicted octanol–water partition coefficient (Wildman–Crippen LogP) is 4.58. The Hall–Kier alpha value is -0.730. The number of hydrogen-bond donors (Lipinski definition) is 1. The number of halogens is 1. The van der Waals surface area contributed by atoms with Gasteiger partial charge in [0.2, 0.25) is 0 Å². The molecule has 2 rings (SSSR count). The van der Waals surface area contributed by atoms with Crippen molar-refractivity contribution in [1.82, 2.24) is 5.32 Å². The zero-order valence-electron chi connectivity index (χ0n) is 12.1. The minimum atomic E-state index is 0.342. The van der Waals surface area contributed by atoms with E-state index in [0.717, 1.165) is 12.3 Å². The molecule has 0 aromatic heterocycles. The summed E-state index contributed by atoms with van der Waals surface area (Å²) < 4.78 is 5.35. The Morgan fingerprint density at radius 1 is 1.37 bits per heavy atom. The quantitative estimate of drug-likeness (QED) is 0.853. The van der Waals surface area contributed by atoms with Crippen LogP contribution in [0.3, 0.4) is 0 Å². The van der Waals surface area contributed by atoms with E-state index in [4.69, 9.17) is 16.3 Å². The summed E-state index contributed by atoms with van der Waals surface area (Å²) in [5, 5.41) is 4.33. The Labute approximate surface area is 121 Å². The van der Waals surface area contributed by atoms with E-state index in [0.29, 0.717) is 16.5 Å². The first-order chi connectivity index (χ1) is 9.10. The second-order valence-electron chi connectivity index (χ2n) is 5.75. The van der Waals surface area contributed by atoms with Gasteiger partial charge in [-0.25, -0.2) is 0 Å². The molecule has 1 saturated carbocycles. The summed E-state index contributed by atoms with van der Waals surface area (Å²) in [6.07, 6.45) is 5.25. The minimum absolute atomic E-state index is 0.342. The highest BCUT2D eigenvalue weighted by Crippen LogP contribution is 2.47. The van der Waals surface area contributed by atoms with Crippen molar-refractivity contribution in [3.63, 3.8) is 0 Å². The fourth-order valence-corrected chi connectivity index (χ4v) is 3.49. The van der Waals surface area contributed by atoms with Crippen molar-refractivity contribution >= 4 is 11.6 Å². The van der Waals surface area contributed by atoms with Crippen molar-refractivity contribution < 1.29 is 4.74 Å². The predicted molar refractivity (Wildman–Crippen MR) is 81.0 cm³/mol. The smallest absolute Gasteiger partial charge is 0.137 e. The minimum Gasteiger partial charge on any atom is -0.495 e. The molecule has 1 aliphatic rings. The maximum Gasteiger partial charge on any atom is 0.137 e. The number of rotatable bonds is 5. The highest BCUT2D eigenvalue weighted by atomic mass is 35.5. The third-order valence-corrected chi connectivity index (χ3v) is 4.67. The summed E-state index contributed by atoms with van der Waals surface area (Å²) in [6.45, 7) is 5.54. The van der Waals surface area contributed by atoms with Gasteiger partial charge in [-0.1, -0.05) is 44.4 Å². The van der Waals surface area contributed by atoms with E-state index in [9.17, 15) is 0 Å². The maximum absolute atomic E-state index is 6.13. The summed E-state index contributed by atoms with van der Waals surface area (Å²) in [7, 11) is 1.67. The van der Waals surface area contributed by atoms with Gasteiger partial charge in [-0.05, 0) is 42.5 Å². The number of nitrogens with one attached hydrogen (secondary N) is 1. The summed E-state index contributed by atoms with van der Waals surface area (Å²) in [5.74, 6) is 0.767. The lowest BCUT2D eigenvalue weighted by Crippen LogP contribution is -2.34. The Balaban J connectivity index is 2.33. The Morgan fingerprint density at radius 3 is 2.63 bits per heavy atom. The molecule has 1 aliphatic carbocycles. The molecular weight excluding hydrogens is 258 g/mol. The van der Waals surface area contributed by atoms with Crippen LogP contribution in [0.25, 0.3) is 0 Å². The van der Waals surface area contributed by atoms with Gasteiger partial charge >= 0.3 is 0 Å². The molecule has 0 radical (unpaired) electrons. The first kappa shape index (κ1) is 14.7. The fourth-order valence-electron chi connectivity index (χ4n) is 3.30.